The lowest BCUT2D eigenvalue weighted by molar-refractivity contribution is 0.209. The van der Waals surface area contributed by atoms with Crippen molar-refractivity contribution in [3.63, 3.8) is 0 Å². The molecule has 2 aromatic carbocycles. The molecule has 6 nitrogen and oxygen atoms in total. The summed E-state index contributed by atoms with van der Waals surface area (Å²) in [6, 6.07) is 20.4. The van der Waals surface area contributed by atoms with Crippen molar-refractivity contribution < 1.29 is 9.90 Å². The number of rotatable bonds is 4. The van der Waals surface area contributed by atoms with Gasteiger partial charge in [0.1, 0.15) is 11.6 Å². The number of para-hydroxylation sites is 1. The second kappa shape index (κ2) is 6.57. The van der Waals surface area contributed by atoms with Crippen molar-refractivity contribution in [2.75, 3.05) is 10.6 Å². The zero-order valence-corrected chi connectivity index (χ0v) is 12.1. The van der Waals surface area contributed by atoms with E-state index in [4.69, 9.17) is 5.11 Å². The predicted octanol–water partition coefficient (Wildman–Crippen LogP) is 3.98. The average molecular weight is 306 g/mol. The molecule has 0 atom stereocenters. The Hall–Kier alpha value is -3.41. The zero-order valence-electron chi connectivity index (χ0n) is 12.1. The molecule has 0 unspecified atom stereocenters. The third-order valence-electron chi connectivity index (χ3n) is 3.04. The molecular weight excluding hydrogens is 292 g/mol. The lowest BCUT2D eigenvalue weighted by Gasteiger charge is -2.10. The highest BCUT2D eigenvalue weighted by atomic mass is 16.4. The Bertz CT molecular complexity index is 807. The smallest absolute Gasteiger partial charge is 0.410 e. The van der Waals surface area contributed by atoms with E-state index in [0.29, 0.717) is 11.6 Å². The minimum atomic E-state index is -1.17. The van der Waals surface area contributed by atoms with Crippen molar-refractivity contribution in [3.8, 4) is 11.4 Å². The van der Waals surface area contributed by atoms with Crippen LogP contribution in [0.15, 0.2) is 66.7 Å². The molecule has 0 aliphatic carbocycles. The summed E-state index contributed by atoms with van der Waals surface area (Å²) in [5.41, 5.74) is 1.66. The SMILES string of the molecule is O=C(O)Nc1cc(Nc2ccccc2)nc(-c2ccccc2)n1. The quantitative estimate of drug-likeness (QED) is 0.678. The Kier molecular flexibility index (Phi) is 4.15. The molecule has 1 heterocycles. The highest BCUT2D eigenvalue weighted by Gasteiger charge is 2.09. The fraction of sp³-hybridized carbons (Fsp3) is 0. The Morgan fingerprint density at radius 3 is 2.13 bits per heavy atom. The van der Waals surface area contributed by atoms with Gasteiger partial charge in [-0.2, -0.15) is 0 Å². The Morgan fingerprint density at radius 1 is 0.870 bits per heavy atom. The summed E-state index contributed by atoms with van der Waals surface area (Å²) in [6.07, 6.45) is -1.17. The first-order chi connectivity index (χ1) is 11.2. The normalized spacial score (nSPS) is 10.1. The molecule has 1 amide bonds. The lowest BCUT2D eigenvalue weighted by atomic mass is 10.2. The summed E-state index contributed by atoms with van der Waals surface area (Å²) in [4.78, 5) is 19.6. The van der Waals surface area contributed by atoms with Gasteiger partial charge in [-0.05, 0) is 12.1 Å². The van der Waals surface area contributed by atoms with Gasteiger partial charge < -0.3 is 10.4 Å². The van der Waals surface area contributed by atoms with Crippen molar-refractivity contribution in [1.29, 1.82) is 0 Å². The first kappa shape index (κ1) is 14.5. The van der Waals surface area contributed by atoms with E-state index in [1.54, 1.807) is 6.07 Å². The van der Waals surface area contributed by atoms with Crippen LogP contribution in [0.3, 0.4) is 0 Å². The van der Waals surface area contributed by atoms with E-state index < -0.39 is 6.09 Å². The van der Waals surface area contributed by atoms with Crippen LogP contribution >= 0.6 is 0 Å². The Morgan fingerprint density at radius 2 is 1.48 bits per heavy atom. The summed E-state index contributed by atoms with van der Waals surface area (Å²) in [7, 11) is 0. The van der Waals surface area contributed by atoms with E-state index in [2.05, 4.69) is 20.6 Å². The van der Waals surface area contributed by atoms with E-state index in [1.807, 2.05) is 60.7 Å². The molecule has 3 rings (SSSR count). The van der Waals surface area contributed by atoms with E-state index in [9.17, 15) is 4.79 Å². The van der Waals surface area contributed by atoms with Gasteiger partial charge in [-0.25, -0.2) is 14.8 Å². The minimum absolute atomic E-state index is 0.213. The van der Waals surface area contributed by atoms with Crippen molar-refractivity contribution in [2.45, 2.75) is 0 Å². The highest BCUT2D eigenvalue weighted by Crippen LogP contribution is 2.22. The van der Waals surface area contributed by atoms with E-state index >= 15 is 0 Å². The Balaban J connectivity index is 1.99. The minimum Gasteiger partial charge on any atom is -0.465 e. The molecule has 3 N–H and O–H groups in total. The molecule has 0 radical (unpaired) electrons. The third kappa shape index (κ3) is 3.82. The van der Waals surface area contributed by atoms with E-state index in [-0.39, 0.29) is 5.82 Å². The number of carboxylic acid groups (broad SMARTS) is 1. The summed E-state index contributed by atoms with van der Waals surface area (Å²) in [5.74, 6) is 1.16. The van der Waals surface area contributed by atoms with E-state index in [0.717, 1.165) is 11.3 Å². The molecule has 0 aliphatic heterocycles. The van der Waals surface area contributed by atoms with Crippen molar-refractivity contribution in [2.24, 2.45) is 0 Å². The van der Waals surface area contributed by atoms with Crippen LogP contribution in [0.25, 0.3) is 11.4 Å². The number of hydrogen-bond acceptors (Lipinski definition) is 4. The van der Waals surface area contributed by atoms with Gasteiger partial charge in [0.25, 0.3) is 0 Å². The van der Waals surface area contributed by atoms with Gasteiger partial charge in [-0.1, -0.05) is 48.5 Å². The molecule has 0 saturated heterocycles. The monoisotopic (exact) mass is 306 g/mol. The highest BCUT2D eigenvalue weighted by molar-refractivity contribution is 5.82. The summed E-state index contributed by atoms with van der Waals surface area (Å²) >= 11 is 0. The maximum Gasteiger partial charge on any atom is 0.410 e. The molecule has 23 heavy (non-hydrogen) atoms. The number of carbonyl (C=O) groups is 1. The van der Waals surface area contributed by atoms with Gasteiger partial charge in [0, 0.05) is 17.3 Å². The van der Waals surface area contributed by atoms with E-state index in [1.165, 1.54) is 0 Å². The van der Waals surface area contributed by atoms with Crippen LogP contribution in [0.5, 0.6) is 0 Å². The van der Waals surface area contributed by atoms with Crippen molar-refractivity contribution in [1.82, 2.24) is 9.97 Å². The average Bonchev–Trinajstić information content (AvgIpc) is 2.56. The molecule has 0 saturated carbocycles. The third-order valence-corrected chi connectivity index (χ3v) is 3.04. The van der Waals surface area contributed by atoms with Crippen LogP contribution in [0.2, 0.25) is 0 Å². The number of hydrogen-bond donors (Lipinski definition) is 3. The second-order valence-corrected chi connectivity index (χ2v) is 4.75. The van der Waals surface area contributed by atoms with Crippen LogP contribution in [0, 0.1) is 0 Å². The maximum absolute atomic E-state index is 10.9. The number of anilines is 3. The largest absolute Gasteiger partial charge is 0.465 e. The number of nitrogens with one attached hydrogen (secondary N) is 2. The van der Waals surface area contributed by atoms with Gasteiger partial charge in [-0.15, -0.1) is 0 Å². The summed E-state index contributed by atoms with van der Waals surface area (Å²) in [6.45, 7) is 0. The number of aromatic nitrogens is 2. The van der Waals surface area contributed by atoms with Crippen LogP contribution in [0.4, 0.5) is 22.1 Å². The molecule has 1 aromatic heterocycles. The van der Waals surface area contributed by atoms with Crippen LogP contribution < -0.4 is 10.6 Å². The van der Waals surface area contributed by atoms with Crippen LogP contribution in [-0.4, -0.2) is 21.2 Å². The summed E-state index contributed by atoms with van der Waals surface area (Å²) in [5, 5.41) is 14.3. The van der Waals surface area contributed by atoms with Crippen molar-refractivity contribution in [3.05, 3.63) is 66.7 Å². The molecular formula is C17H14N4O2. The van der Waals surface area contributed by atoms with Gasteiger partial charge in [-0.3, -0.25) is 5.32 Å². The molecule has 0 spiro atoms. The van der Waals surface area contributed by atoms with Gasteiger partial charge in [0.15, 0.2) is 5.82 Å². The van der Waals surface area contributed by atoms with Crippen LogP contribution in [-0.2, 0) is 0 Å². The summed E-state index contributed by atoms with van der Waals surface area (Å²) < 4.78 is 0. The van der Waals surface area contributed by atoms with Crippen LogP contribution in [0.1, 0.15) is 0 Å². The number of benzene rings is 2. The molecule has 3 aromatic rings. The fourth-order valence-corrected chi connectivity index (χ4v) is 2.07. The topological polar surface area (TPSA) is 87.1 Å². The number of nitrogens with zero attached hydrogens (tertiary/aromatic N) is 2. The van der Waals surface area contributed by atoms with Gasteiger partial charge in [0.2, 0.25) is 0 Å². The Labute approximate surface area is 132 Å². The second-order valence-electron chi connectivity index (χ2n) is 4.75. The molecule has 114 valence electrons. The standard InChI is InChI=1S/C17H14N4O2/c22-17(23)21-15-11-14(18-13-9-5-2-6-10-13)19-16(20-15)12-7-3-1-4-8-12/h1-11H,(H,22,23)(H2,18,19,20,21). The first-order valence-corrected chi connectivity index (χ1v) is 6.97. The maximum atomic E-state index is 10.9. The first-order valence-electron chi connectivity index (χ1n) is 6.97. The zero-order chi connectivity index (χ0) is 16.1. The predicted molar refractivity (Wildman–Crippen MR) is 88.8 cm³/mol. The van der Waals surface area contributed by atoms with Gasteiger partial charge in [0.05, 0.1) is 0 Å². The molecule has 0 bridgehead atoms. The fourth-order valence-electron chi connectivity index (χ4n) is 2.07. The molecule has 6 heteroatoms. The molecule has 0 aliphatic rings. The lowest BCUT2D eigenvalue weighted by Crippen LogP contribution is -2.10. The number of amides is 1. The van der Waals surface area contributed by atoms with Crippen molar-refractivity contribution >= 4 is 23.4 Å². The van der Waals surface area contributed by atoms with Gasteiger partial charge >= 0.3 is 6.09 Å². The molecule has 0 fully saturated rings.